The summed E-state index contributed by atoms with van der Waals surface area (Å²) in [7, 11) is 0. The van der Waals surface area contributed by atoms with Gasteiger partial charge in [0, 0.05) is 12.6 Å². The van der Waals surface area contributed by atoms with Gasteiger partial charge in [-0.25, -0.2) is 0 Å². The van der Waals surface area contributed by atoms with Gasteiger partial charge >= 0.3 is 0 Å². The Labute approximate surface area is 125 Å². The van der Waals surface area contributed by atoms with Crippen LogP contribution < -0.4 is 15.2 Å². The first kappa shape index (κ1) is 14.2. The van der Waals surface area contributed by atoms with Crippen LogP contribution in [-0.4, -0.2) is 42.6 Å². The van der Waals surface area contributed by atoms with E-state index in [-0.39, 0.29) is 18.6 Å². The Balaban J connectivity index is 1.71. The third-order valence-corrected chi connectivity index (χ3v) is 4.38. The molecule has 2 heterocycles. The van der Waals surface area contributed by atoms with Crippen LogP contribution in [-0.2, 0) is 4.79 Å². The number of benzene rings is 1. The maximum Gasteiger partial charge on any atom is 0.267 e. The highest BCUT2D eigenvalue weighted by Gasteiger charge is 2.36. The molecule has 5 nitrogen and oxygen atoms in total. The van der Waals surface area contributed by atoms with Crippen molar-refractivity contribution in [2.24, 2.45) is 11.7 Å². The third-order valence-electron chi connectivity index (χ3n) is 4.38. The molecule has 0 saturated carbocycles. The Kier molecular flexibility index (Phi) is 4.01. The van der Waals surface area contributed by atoms with Crippen LogP contribution in [0.25, 0.3) is 0 Å². The van der Waals surface area contributed by atoms with Gasteiger partial charge in [-0.3, -0.25) is 4.79 Å². The molecule has 2 aliphatic heterocycles. The van der Waals surface area contributed by atoms with Gasteiger partial charge in [0.05, 0.1) is 0 Å². The fourth-order valence-electron chi connectivity index (χ4n) is 3.01. The van der Waals surface area contributed by atoms with Gasteiger partial charge in [-0.15, -0.1) is 0 Å². The van der Waals surface area contributed by atoms with Crippen molar-refractivity contribution < 1.29 is 14.3 Å². The van der Waals surface area contributed by atoms with Crippen molar-refractivity contribution in [2.45, 2.75) is 31.9 Å². The summed E-state index contributed by atoms with van der Waals surface area (Å²) >= 11 is 0. The summed E-state index contributed by atoms with van der Waals surface area (Å²) in [4.78, 5) is 14.6. The maximum absolute atomic E-state index is 12.7. The first-order valence-electron chi connectivity index (χ1n) is 7.58. The van der Waals surface area contributed by atoms with E-state index in [9.17, 15) is 4.79 Å². The number of nitrogens with two attached hydrogens (primary N) is 1. The van der Waals surface area contributed by atoms with Crippen LogP contribution >= 0.6 is 0 Å². The quantitative estimate of drug-likeness (QED) is 0.894. The molecule has 0 spiro atoms. The number of para-hydroxylation sites is 2. The fraction of sp³-hybridized carbons (Fsp3) is 0.562. The van der Waals surface area contributed by atoms with E-state index in [1.165, 1.54) is 0 Å². The van der Waals surface area contributed by atoms with Gasteiger partial charge in [0.15, 0.2) is 11.5 Å². The first-order chi connectivity index (χ1) is 10.2. The number of hydrogen-bond donors (Lipinski definition) is 1. The molecule has 2 N–H and O–H groups in total. The molecule has 0 aromatic heterocycles. The van der Waals surface area contributed by atoms with Gasteiger partial charge in [0.2, 0.25) is 6.10 Å². The molecule has 21 heavy (non-hydrogen) atoms. The van der Waals surface area contributed by atoms with Gasteiger partial charge < -0.3 is 20.1 Å². The van der Waals surface area contributed by atoms with Crippen molar-refractivity contribution >= 4 is 5.91 Å². The fourth-order valence-corrected chi connectivity index (χ4v) is 3.01. The SMILES string of the molecule is CC1CCC(CN)CN1C(=O)C1COc2ccccc2O1. The Morgan fingerprint density at radius 2 is 2.10 bits per heavy atom. The zero-order chi connectivity index (χ0) is 14.8. The zero-order valence-corrected chi connectivity index (χ0v) is 12.3. The lowest BCUT2D eigenvalue weighted by molar-refractivity contribution is -0.145. The molecule has 114 valence electrons. The Morgan fingerprint density at radius 3 is 2.86 bits per heavy atom. The van der Waals surface area contributed by atoms with Crippen LogP contribution in [0.1, 0.15) is 19.8 Å². The van der Waals surface area contributed by atoms with Crippen molar-refractivity contribution in [3.63, 3.8) is 0 Å². The van der Waals surface area contributed by atoms with Crippen LogP contribution in [0.15, 0.2) is 24.3 Å². The van der Waals surface area contributed by atoms with Crippen molar-refractivity contribution in [1.29, 1.82) is 0 Å². The largest absolute Gasteiger partial charge is 0.485 e. The summed E-state index contributed by atoms with van der Waals surface area (Å²) in [5, 5.41) is 0. The highest BCUT2D eigenvalue weighted by Crippen LogP contribution is 2.32. The van der Waals surface area contributed by atoms with E-state index in [1.807, 2.05) is 29.2 Å². The minimum atomic E-state index is -0.557. The number of rotatable bonds is 2. The molecule has 5 heteroatoms. The predicted octanol–water partition coefficient (Wildman–Crippen LogP) is 1.41. The van der Waals surface area contributed by atoms with Gasteiger partial charge in [0.25, 0.3) is 5.91 Å². The Hall–Kier alpha value is -1.75. The molecular weight excluding hydrogens is 268 g/mol. The predicted molar refractivity (Wildman–Crippen MR) is 79.3 cm³/mol. The minimum absolute atomic E-state index is 0.00940. The zero-order valence-electron chi connectivity index (χ0n) is 12.3. The summed E-state index contributed by atoms with van der Waals surface area (Å²) in [6.45, 7) is 3.70. The second-order valence-corrected chi connectivity index (χ2v) is 5.88. The van der Waals surface area contributed by atoms with E-state index >= 15 is 0 Å². The molecule has 0 aliphatic carbocycles. The van der Waals surface area contributed by atoms with E-state index < -0.39 is 6.10 Å². The Morgan fingerprint density at radius 1 is 1.33 bits per heavy atom. The maximum atomic E-state index is 12.7. The molecule has 0 radical (unpaired) electrons. The normalized spacial score (nSPS) is 28.3. The number of carbonyl (C=O) groups is 1. The van der Waals surface area contributed by atoms with E-state index in [1.54, 1.807) is 0 Å². The molecule has 1 amide bonds. The molecule has 1 aromatic carbocycles. The average molecular weight is 290 g/mol. The third kappa shape index (κ3) is 2.83. The summed E-state index contributed by atoms with van der Waals surface area (Å²) in [6.07, 6.45) is 1.53. The summed E-state index contributed by atoms with van der Waals surface area (Å²) in [6, 6.07) is 7.69. The lowest BCUT2D eigenvalue weighted by atomic mass is 9.93. The van der Waals surface area contributed by atoms with Crippen LogP contribution in [0.5, 0.6) is 11.5 Å². The molecule has 3 atom stereocenters. The van der Waals surface area contributed by atoms with Crippen LogP contribution in [0.4, 0.5) is 0 Å². The number of likely N-dealkylation sites (tertiary alicyclic amines) is 1. The lowest BCUT2D eigenvalue weighted by Crippen LogP contribution is -2.53. The smallest absolute Gasteiger partial charge is 0.267 e. The number of amides is 1. The monoisotopic (exact) mass is 290 g/mol. The number of nitrogens with zero attached hydrogens (tertiary/aromatic N) is 1. The van der Waals surface area contributed by atoms with Gasteiger partial charge in [0.1, 0.15) is 6.61 Å². The van der Waals surface area contributed by atoms with E-state index in [4.69, 9.17) is 15.2 Å². The number of piperidine rings is 1. The second-order valence-electron chi connectivity index (χ2n) is 5.88. The van der Waals surface area contributed by atoms with Crippen LogP contribution in [0.3, 0.4) is 0 Å². The van der Waals surface area contributed by atoms with Crippen LogP contribution in [0, 0.1) is 5.92 Å². The highest BCUT2D eigenvalue weighted by molar-refractivity contribution is 5.82. The molecule has 1 fully saturated rings. The van der Waals surface area contributed by atoms with Crippen molar-refractivity contribution in [3.05, 3.63) is 24.3 Å². The molecular formula is C16H22N2O3. The van der Waals surface area contributed by atoms with Gasteiger partial charge in [-0.1, -0.05) is 12.1 Å². The van der Waals surface area contributed by atoms with E-state index in [0.29, 0.717) is 24.0 Å². The molecule has 2 aliphatic rings. The number of ether oxygens (including phenoxy) is 2. The van der Waals surface area contributed by atoms with Gasteiger partial charge in [-0.2, -0.15) is 0 Å². The van der Waals surface area contributed by atoms with Crippen molar-refractivity contribution in [2.75, 3.05) is 19.7 Å². The van der Waals surface area contributed by atoms with Crippen molar-refractivity contribution in [3.8, 4) is 11.5 Å². The average Bonchev–Trinajstić information content (AvgIpc) is 2.54. The summed E-state index contributed by atoms with van der Waals surface area (Å²) in [5.41, 5.74) is 5.76. The minimum Gasteiger partial charge on any atom is -0.485 e. The molecule has 0 bridgehead atoms. The highest BCUT2D eigenvalue weighted by atomic mass is 16.6. The van der Waals surface area contributed by atoms with E-state index in [2.05, 4.69) is 6.92 Å². The van der Waals surface area contributed by atoms with Crippen molar-refractivity contribution in [1.82, 2.24) is 4.90 Å². The Bertz CT molecular complexity index is 520. The topological polar surface area (TPSA) is 64.8 Å². The summed E-state index contributed by atoms with van der Waals surface area (Å²) in [5.74, 6) is 1.74. The lowest BCUT2D eigenvalue weighted by Gasteiger charge is -2.40. The standard InChI is InChI=1S/C16H22N2O3/c1-11-6-7-12(8-17)9-18(11)16(19)15-10-20-13-4-2-3-5-14(13)21-15/h2-5,11-12,15H,6-10,17H2,1H3. The molecule has 1 aromatic rings. The number of carbonyl (C=O) groups excluding carboxylic acids is 1. The molecule has 3 unspecified atom stereocenters. The number of hydrogen-bond acceptors (Lipinski definition) is 4. The summed E-state index contributed by atoms with van der Waals surface area (Å²) < 4.78 is 11.5. The van der Waals surface area contributed by atoms with Crippen LogP contribution in [0.2, 0.25) is 0 Å². The molecule has 1 saturated heterocycles. The van der Waals surface area contributed by atoms with E-state index in [0.717, 1.165) is 19.4 Å². The second kappa shape index (κ2) is 5.93. The number of fused-ring (bicyclic) bond motifs is 1. The molecule has 3 rings (SSSR count). The first-order valence-corrected chi connectivity index (χ1v) is 7.58. The van der Waals surface area contributed by atoms with Gasteiger partial charge in [-0.05, 0) is 44.4 Å².